The minimum absolute atomic E-state index is 0.00678. The second-order valence-electron chi connectivity index (χ2n) is 10.0. The summed E-state index contributed by atoms with van der Waals surface area (Å²) in [6.07, 6.45) is 4.70. The fraction of sp³-hybridized carbons (Fsp3) is 0.517. The molecule has 4 rings (SSSR count). The van der Waals surface area contributed by atoms with E-state index >= 15 is 0 Å². The van der Waals surface area contributed by atoms with Crippen molar-refractivity contribution in [1.29, 1.82) is 0 Å². The van der Waals surface area contributed by atoms with E-state index in [1.54, 1.807) is 19.1 Å². The Kier molecular flexibility index (Phi) is 8.86. The number of anilines is 1. The van der Waals surface area contributed by atoms with Gasteiger partial charge >= 0.3 is 0 Å². The van der Waals surface area contributed by atoms with Crippen molar-refractivity contribution in [3.63, 3.8) is 0 Å². The van der Waals surface area contributed by atoms with Crippen molar-refractivity contribution < 1.29 is 19.1 Å². The SMILES string of the molecule is COc1ccc(C2C(C(=O)NCC(C)CN3CCCCC3)CCC(=O)N2c2ccc(OC)cc2)cc1. The van der Waals surface area contributed by atoms with Gasteiger partial charge in [0.25, 0.3) is 0 Å². The summed E-state index contributed by atoms with van der Waals surface area (Å²) >= 11 is 0. The zero-order valence-electron chi connectivity index (χ0n) is 21.7. The van der Waals surface area contributed by atoms with Crippen molar-refractivity contribution in [3.05, 3.63) is 54.1 Å². The molecule has 0 radical (unpaired) electrons. The lowest BCUT2D eigenvalue weighted by molar-refractivity contribution is -0.129. The Hall–Kier alpha value is -3.06. The molecule has 2 aliphatic rings. The number of hydrogen-bond donors (Lipinski definition) is 1. The van der Waals surface area contributed by atoms with Gasteiger partial charge in [0, 0.05) is 25.2 Å². The number of nitrogens with one attached hydrogen (secondary N) is 1. The minimum atomic E-state index is -0.400. The first-order valence-electron chi connectivity index (χ1n) is 13.1. The predicted molar refractivity (Wildman–Crippen MR) is 141 cm³/mol. The van der Waals surface area contributed by atoms with E-state index in [9.17, 15) is 9.59 Å². The molecule has 0 spiro atoms. The molecule has 3 atom stereocenters. The number of carbonyl (C=O) groups excluding carboxylic acids is 2. The van der Waals surface area contributed by atoms with Crippen LogP contribution in [-0.4, -0.2) is 57.1 Å². The predicted octanol–water partition coefficient (Wildman–Crippen LogP) is 4.43. The van der Waals surface area contributed by atoms with Crippen LogP contribution in [0.15, 0.2) is 48.5 Å². The smallest absolute Gasteiger partial charge is 0.227 e. The molecule has 2 amide bonds. The van der Waals surface area contributed by atoms with E-state index in [1.807, 2.05) is 48.5 Å². The first kappa shape index (κ1) is 26.0. The number of ether oxygens (including phenoxy) is 2. The summed E-state index contributed by atoms with van der Waals surface area (Å²) in [6.45, 7) is 6.14. The number of rotatable bonds is 9. The van der Waals surface area contributed by atoms with E-state index in [4.69, 9.17) is 9.47 Å². The van der Waals surface area contributed by atoms with Crippen molar-refractivity contribution in [1.82, 2.24) is 10.2 Å². The van der Waals surface area contributed by atoms with Crippen LogP contribution in [0.2, 0.25) is 0 Å². The van der Waals surface area contributed by atoms with Gasteiger partial charge in [0.05, 0.1) is 26.2 Å². The molecule has 2 fully saturated rings. The number of likely N-dealkylation sites (tertiary alicyclic amines) is 1. The average Bonchev–Trinajstić information content (AvgIpc) is 2.92. The Morgan fingerprint density at radius 3 is 2.19 bits per heavy atom. The van der Waals surface area contributed by atoms with Crippen LogP contribution in [0, 0.1) is 11.8 Å². The molecule has 0 aromatic heterocycles. The zero-order chi connectivity index (χ0) is 25.5. The largest absolute Gasteiger partial charge is 0.497 e. The molecule has 2 aromatic carbocycles. The van der Waals surface area contributed by atoms with Crippen molar-refractivity contribution in [2.45, 2.75) is 45.1 Å². The summed E-state index contributed by atoms with van der Waals surface area (Å²) in [5.41, 5.74) is 1.68. The van der Waals surface area contributed by atoms with Crippen LogP contribution in [0.3, 0.4) is 0 Å². The third kappa shape index (κ3) is 6.19. The molecule has 0 aliphatic carbocycles. The van der Waals surface area contributed by atoms with E-state index in [0.717, 1.165) is 42.4 Å². The van der Waals surface area contributed by atoms with Crippen LogP contribution in [-0.2, 0) is 9.59 Å². The van der Waals surface area contributed by atoms with E-state index in [1.165, 1.54) is 19.3 Å². The van der Waals surface area contributed by atoms with Gasteiger partial charge in [-0.05, 0) is 80.2 Å². The summed E-state index contributed by atoms with van der Waals surface area (Å²) in [5.74, 6) is 1.51. The van der Waals surface area contributed by atoms with Crippen LogP contribution >= 0.6 is 0 Å². The van der Waals surface area contributed by atoms with Crippen LogP contribution in [0.5, 0.6) is 11.5 Å². The lowest BCUT2D eigenvalue weighted by Gasteiger charge is -2.41. The Bertz CT molecular complexity index is 1000. The fourth-order valence-electron chi connectivity index (χ4n) is 5.45. The van der Waals surface area contributed by atoms with Crippen LogP contribution in [0.25, 0.3) is 0 Å². The van der Waals surface area contributed by atoms with Gasteiger partial charge in [-0.2, -0.15) is 0 Å². The molecule has 2 saturated heterocycles. The highest BCUT2D eigenvalue weighted by molar-refractivity contribution is 5.97. The highest BCUT2D eigenvalue weighted by atomic mass is 16.5. The van der Waals surface area contributed by atoms with Gasteiger partial charge in [0.1, 0.15) is 11.5 Å². The molecule has 2 aromatic rings. The molecule has 0 bridgehead atoms. The van der Waals surface area contributed by atoms with Gasteiger partial charge in [-0.1, -0.05) is 25.5 Å². The molecule has 2 aliphatic heterocycles. The van der Waals surface area contributed by atoms with Crippen LogP contribution < -0.4 is 19.7 Å². The average molecular weight is 494 g/mol. The quantitative estimate of drug-likeness (QED) is 0.560. The number of benzene rings is 2. The van der Waals surface area contributed by atoms with Gasteiger partial charge in [-0.3, -0.25) is 9.59 Å². The Balaban J connectivity index is 1.54. The highest BCUT2D eigenvalue weighted by Gasteiger charge is 2.41. The number of amides is 2. The third-order valence-electron chi connectivity index (χ3n) is 7.39. The van der Waals surface area contributed by atoms with Crippen LogP contribution in [0.4, 0.5) is 5.69 Å². The Labute approximate surface area is 214 Å². The molecule has 2 heterocycles. The van der Waals surface area contributed by atoms with E-state index in [-0.39, 0.29) is 17.7 Å². The van der Waals surface area contributed by atoms with Gasteiger partial charge in [0.2, 0.25) is 11.8 Å². The van der Waals surface area contributed by atoms with Crippen molar-refractivity contribution in [2.24, 2.45) is 11.8 Å². The van der Waals surface area contributed by atoms with Gasteiger partial charge in [-0.25, -0.2) is 0 Å². The van der Waals surface area contributed by atoms with E-state index in [2.05, 4.69) is 17.1 Å². The maximum atomic E-state index is 13.6. The standard InChI is InChI=1S/C29H39N3O4/c1-21(20-31-17-5-4-6-18-31)19-30-29(34)26-15-16-27(33)32(23-9-13-25(36-3)14-10-23)28(26)22-7-11-24(35-2)12-8-22/h7-14,21,26,28H,4-6,15-20H2,1-3H3,(H,30,34). The summed E-state index contributed by atoms with van der Waals surface area (Å²) in [6, 6.07) is 14.7. The van der Waals surface area contributed by atoms with Gasteiger partial charge < -0.3 is 24.6 Å². The molecule has 0 saturated carbocycles. The maximum Gasteiger partial charge on any atom is 0.227 e. The van der Waals surface area contributed by atoms with Gasteiger partial charge in [-0.15, -0.1) is 0 Å². The molecule has 1 N–H and O–H groups in total. The topological polar surface area (TPSA) is 71.1 Å². The molecule has 7 heteroatoms. The Morgan fingerprint density at radius 1 is 0.972 bits per heavy atom. The molecule has 3 unspecified atom stereocenters. The van der Waals surface area contributed by atoms with Crippen molar-refractivity contribution >= 4 is 17.5 Å². The lowest BCUT2D eigenvalue weighted by Crippen LogP contribution is -2.49. The maximum absolute atomic E-state index is 13.6. The summed E-state index contributed by atoms with van der Waals surface area (Å²) in [4.78, 5) is 31.1. The number of methoxy groups -OCH3 is 2. The number of piperidine rings is 2. The summed E-state index contributed by atoms with van der Waals surface area (Å²) in [7, 11) is 3.25. The first-order chi connectivity index (χ1) is 17.5. The second kappa shape index (κ2) is 12.3. The lowest BCUT2D eigenvalue weighted by atomic mass is 9.83. The second-order valence-corrected chi connectivity index (χ2v) is 10.0. The summed E-state index contributed by atoms with van der Waals surface area (Å²) in [5, 5.41) is 3.22. The molecule has 36 heavy (non-hydrogen) atoms. The molecule has 194 valence electrons. The fourth-order valence-corrected chi connectivity index (χ4v) is 5.45. The van der Waals surface area contributed by atoms with Crippen molar-refractivity contribution in [2.75, 3.05) is 45.3 Å². The number of hydrogen-bond acceptors (Lipinski definition) is 5. The monoisotopic (exact) mass is 493 g/mol. The highest BCUT2D eigenvalue weighted by Crippen LogP contribution is 2.41. The van der Waals surface area contributed by atoms with Crippen LogP contribution in [0.1, 0.15) is 50.6 Å². The van der Waals surface area contributed by atoms with Gasteiger partial charge in [0.15, 0.2) is 0 Å². The Morgan fingerprint density at radius 2 is 1.58 bits per heavy atom. The molecular weight excluding hydrogens is 454 g/mol. The third-order valence-corrected chi connectivity index (χ3v) is 7.39. The van der Waals surface area contributed by atoms with E-state index in [0.29, 0.717) is 25.3 Å². The minimum Gasteiger partial charge on any atom is -0.497 e. The zero-order valence-corrected chi connectivity index (χ0v) is 21.7. The van der Waals surface area contributed by atoms with E-state index < -0.39 is 6.04 Å². The van der Waals surface area contributed by atoms with Crippen molar-refractivity contribution in [3.8, 4) is 11.5 Å². The number of nitrogens with zero attached hydrogens (tertiary/aromatic N) is 2. The number of carbonyl (C=O) groups is 2. The molecular formula is C29H39N3O4. The summed E-state index contributed by atoms with van der Waals surface area (Å²) < 4.78 is 10.6. The normalized spacial score (nSPS) is 21.6. The molecule has 7 nitrogen and oxygen atoms in total. The first-order valence-corrected chi connectivity index (χ1v) is 13.1.